The molecule has 0 saturated carbocycles. The van der Waals surface area contributed by atoms with Gasteiger partial charge in [0.1, 0.15) is 5.82 Å². The summed E-state index contributed by atoms with van der Waals surface area (Å²) in [6.45, 7) is 5.38. The Bertz CT molecular complexity index is 993. The Balaban J connectivity index is 0.00000320. The zero-order chi connectivity index (χ0) is 20.8. The van der Waals surface area contributed by atoms with Crippen LogP contribution in [0.3, 0.4) is 0 Å². The minimum atomic E-state index is -0.376. The van der Waals surface area contributed by atoms with Crippen molar-refractivity contribution in [1.82, 2.24) is 19.8 Å². The molecule has 1 N–H and O–H groups in total. The smallest absolute Gasteiger partial charge is 0.293 e. The van der Waals surface area contributed by atoms with E-state index in [-0.39, 0.29) is 41.9 Å². The average Bonchev–Trinajstić information content (AvgIpc) is 2.74. The first kappa shape index (κ1) is 23.6. The molecule has 0 aliphatic carbocycles. The van der Waals surface area contributed by atoms with Crippen LogP contribution in [0.4, 0.5) is 10.2 Å². The summed E-state index contributed by atoms with van der Waals surface area (Å²) in [5, 5.41) is 12.2. The second-order valence-corrected chi connectivity index (χ2v) is 6.73. The molecule has 1 aromatic heterocycles. The van der Waals surface area contributed by atoms with Crippen molar-refractivity contribution in [2.75, 3.05) is 37.6 Å². The highest BCUT2D eigenvalue weighted by Gasteiger charge is 2.22. The van der Waals surface area contributed by atoms with Gasteiger partial charge in [0, 0.05) is 57.7 Å². The third-order valence-electron chi connectivity index (χ3n) is 4.79. The molecule has 1 saturated heterocycles. The summed E-state index contributed by atoms with van der Waals surface area (Å²) in [6, 6.07) is 6.29. The molecule has 0 unspecified atom stereocenters. The molecule has 0 atom stereocenters. The zero-order valence-corrected chi connectivity index (χ0v) is 19.3. The van der Waals surface area contributed by atoms with Crippen molar-refractivity contribution in [3.63, 3.8) is 0 Å². The normalized spacial score (nSPS) is 14.1. The Labute approximate surface area is 192 Å². The second-order valence-electron chi connectivity index (χ2n) is 6.73. The first-order valence-electron chi connectivity index (χ1n) is 9.52. The van der Waals surface area contributed by atoms with Gasteiger partial charge in [0.15, 0.2) is 11.8 Å². The summed E-state index contributed by atoms with van der Waals surface area (Å²) < 4.78 is 15.6. The van der Waals surface area contributed by atoms with Crippen molar-refractivity contribution in [1.29, 1.82) is 5.26 Å². The van der Waals surface area contributed by atoms with Crippen molar-refractivity contribution in [2.24, 2.45) is 12.0 Å². The van der Waals surface area contributed by atoms with Gasteiger partial charge in [-0.15, -0.1) is 24.0 Å². The molecule has 8 nitrogen and oxygen atoms in total. The van der Waals surface area contributed by atoms with E-state index in [0.717, 1.165) is 0 Å². The van der Waals surface area contributed by atoms with Crippen molar-refractivity contribution >= 4 is 35.8 Å². The molecule has 2 aromatic rings. The number of guanidine groups is 1. The van der Waals surface area contributed by atoms with Crippen LogP contribution in [-0.4, -0.2) is 53.1 Å². The molecule has 1 aliphatic rings. The summed E-state index contributed by atoms with van der Waals surface area (Å²) in [5.74, 6) is 0.759. The summed E-state index contributed by atoms with van der Waals surface area (Å²) in [5.41, 5.74) is 0.677. The van der Waals surface area contributed by atoms with Gasteiger partial charge in [-0.3, -0.25) is 4.79 Å². The van der Waals surface area contributed by atoms with Gasteiger partial charge >= 0.3 is 0 Å². The molecule has 3 rings (SSSR count). The molecule has 0 bridgehead atoms. The minimum absolute atomic E-state index is 0. The van der Waals surface area contributed by atoms with Crippen molar-refractivity contribution in [3.05, 3.63) is 57.9 Å². The Morgan fingerprint density at radius 1 is 1.33 bits per heavy atom. The van der Waals surface area contributed by atoms with Crippen molar-refractivity contribution in [3.8, 4) is 6.07 Å². The zero-order valence-electron chi connectivity index (χ0n) is 17.0. The Hall–Kier alpha value is -2.68. The lowest BCUT2D eigenvalue weighted by Crippen LogP contribution is -2.53. The quantitative estimate of drug-likeness (QED) is 0.372. The van der Waals surface area contributed by atoms with Gasteiger partial charge < -0.3 is 19.7 Å². The summed E-state index contributed by atoms with van der Waals surface area (Å²) in [7, 11) is 1.71. The van der Waals surface area contributed by atoms with Gasteiger partial charge in [-0.05, 0) is 25.1 Å². The number of nitriles is 1. The molecule has 2 heterocycles. The number of aryl methyl sites for hydroxylation is 1. The molecule has 1 aliphatic heterocycles. The van der Waals surface area contributed by atoms with Gasteiger partial charge in [-0.2, -0.15) is 5.26 Å². The van der Waals surface area contributed by atoms with Crippen LogP contribution in [0.2, 0.25) is 0 Å². The average molecular weight is 525 g/mol. The molecule has 160 valence electrons. The van der Waals surface area contributed by atoms with Crippen LogP contribution in [0, 0.1) is 17.1 Å². The van der Waals surface area contributed by atoms with E-state index in [4.69, 9.17) is 5.26 Å². The SMILES string of the molecule is CCNC(=NCc1cc(C#N)ccc1F)N1CCN(c2nccn(C)c2=O)CC1.I. The number of halogens is 2. The monoisotopic (exact) mass is 525 g/mol. The van der Waals surface area contributed by atoms with E-state index in [2.05, 4.69) is 20.2 Å². The van der Waals surface area contributed by atoms with Gasteiger partial charge in [0.05, 0.1) is 18.2 Å². The number of rotatable bonds is 4. The largest absolute Gasteiger partial charge is 0.357 e. The molecule has 10 heteroatoms. The highest BCUT2D eigenvalue weighted by atomic mass is 127. The van der Waals surface area contributed by atoms with Crippen LogP contribution in [0.25, 0.3) is 0 Å². The van der Waals surface area contributed by atoms with E-state index in [1.807, 2.05) is 17.9 Å². The van der Waals surface area contributed by atoms with Crippen LogP contribution in [0.1, 0.15) is 18.1 Å². The first-order chi connectivity index (χ1) is 14.0. The molecule has 0 spiro atoms. The maximum absolute atomic E-state index is 14.0. The summed E-state index contributed by atoms with van der Waals surface area (Å²) in [6.07, 6.45) is 3.26. The number of hydrogen-bond acceptors (Lipinski definition) is 5. The maximum Gasteiger partial charge on any atom is 0.293 e. The molecular weight excluding hydrogens is 500 g/mol. The van der Waals surface area contributed by atoms with Crippen LogP contribution in [-0.2, 0) is 13.6 Å². The molecular formula is C20H25FIN7O. The number of aromatic nitrogens is 2. The second kappa shape index (κ2) is 10.9. The van der Waals surface area contributed by atoms with E-state index >= 15 is 0 Å². The number of nitrogens with one attached hydrogen (secondary N) is 1. The Morgan fingerprint density at radius 2 is 2.07 bits per heavy atom. The number of nitrogens with zero attached hydrogens (tertiary/aromatic N) is 6. The minimum Gasteiger partial charge on any atom is -0.357 e. The highest BCUT2D eigenvalue weighted by Crippen LogP contribution is 2.13. The van der Waals surface area contributed by atoms with Crippen LogP contribution < -0.4 is 15.8 Å². The molecule has 0 radical (unpaired) electrons. The fourth-order valence-corrected chi connectivity index (χ4v) is 3.18. The summed E-state index contributed by atoms with van der Waals surface area (Å²) >= 11 is 0. The molecule has 0 amide bonds. The lowest BCUT2D eigenvalue weighted by atomic mass is 10.1. The van der Waals surface area contributed by atoms with Gasteiger partial charge in [-0.1, -0.05) is 0 Å². The Morgan fingerprint density at radius 3 is 2.73 bits per heavy atom. The number of hydrogen-bond donors (Lipinski definition) is 1. The van der Waals surface area contributed by atoms with Gasteiger partial charge in [0.25, 0.3) is 5.56 Å². The fraction of sp³-hybridized carbons (Fsp3) is 0.400. The van der Waals surface area contributed by atoms with Crippen LogP contribution in [0.5, 0.6) is 0 Å². The molecule has 30 heavy (non-hydrogen) atoms. The van der Waals surface area contributed by atoms with E-state index in [1.54, 1.807) is 19.4 Å². The molecule has 1 fully saturated rings. The van der Waals surface area contributed by atoms with Crippen molar-refractivity contribution in [2.45, 2.75) is 13.5 Å². The predicted octanol–water partition coefficient (Wildman–Crippen LogP) is 1.70. The lowest BCUT2D eigenvalue weighted by Gasteiger charge is -2.36. The molecule has 1 aromatic carbocycles. The Kier molecular flexibility index (Phi) is 8.58. The van der Waals surface area contributed by atoms with E-state index in [0.29, 0.717) is 55.6 Å². The third kappa shape index (κ3) is 5.47. The number of anilines is 1. The van der Waals surface area contributed by atoms with Crippen LogP contribution >= 0.6 is 24.0 Å². The van der Waals surface area contributed by atoms with Gasteiger partial charge in [-0.25, -0.2) is 14.4 Å². The standard InChI is InChI=1S/C20H24FN7O.HI/c1-3-23-20(25-14-16-12-15(13-22)4-5-17(16)21)28-10-8-27(9-11-28)18-19(29)26(2)7-6-24-18;/h4-7,12H,3,8-11,14H2,1-2H3,(H,23,25);1H. The van der Waals surface area contributed by atoms with E-state index in [9.17, 15) is 9.18 Å². The predicted molar refractivity (Wildman–Crippen MR) is 125 cm³/mol. The van der Waals surface area contributed by atoms with E-state index in [1.165, 1.54) is 22.8 Å². The van der Waals surface area contributed by atoms with Gasteiger partial charge in [0.2, 0.25) is 0 Å². The number of aliphatic imine (C=N–C) groups is 1. The first-order valence-corrected chi connectivity index (χ1v) is 9.52. The number of benzene rings is 1. The maximum atomic E-state index is 14.0. The topological polar surface area (TPSA) is 89.6 Å². The van der Waals surface area contributed by atoms with E-state index < -0.39 is 0 Å². The third-order valence-corrected chi connectivity index (χ3v) is 4.79. The number of piperazine rings is 1. The summed E-state index contributed by atoms with van der Waals surface area (Å²) in [4.78, 5) is 25.1. The highest BCUT2D eigenvalue weighted by molar-refractivity contribution is 14.0. The fourth-order valence-electron chi connectivity index (χ4n) is 3.18. The lowest BCUT2D eigenvalue weighted by molar-refractivity contribution is 0.370. The van der Waals surface area contributed by atoms with Crippen LogP contribution in [0.15, 0.2) is 40.4 Å². The van der Waals surface area contributed by atoms with Crippen molar-refractivity contribution < 1.29 is 4.39 Å².